The second-order valence-electron chi connectivity index (χ2n) is 4.52. The van der Waals surface area contributed by atoms with Crippen molar-refractivity contribution < 1.29 is 9.13 Å². The van der Waals surface area contributed by atoms with Gasteiger partial charge in [-0.05, 0) is 31.2 Å². The van der Waals surface area contributed by atoms with Crippen LogP contribution in [0.2, 0.25) is 5.02 Å². The third-order valence-electron chi connectivity index (χ3n) is 3.08. The van der Waals surface area contributed by atoms with Gasteiger partial charge in [0.05, 0.1) is 23.9 Å². The lowest BCUT2D eigenvalue weighted by atomic mass is 9.99. The summed E-state index contributed by atoms with van der Waals surface area (Å²) in [5.41, 5.74) is 1.34. The van der Waals surface area contributed by atoms with E-state index in [1.807, 2.05) is 19.9 Å². The van der Waals surface area contributed by atoms with Crippen molar-refractivity contribution in [2.45, 2.75) is 19.9 Å². The minimum Gasteiger partial charge on any atom is -0.492 e. The van der Waals surface area contributed by atoms with Crippen LogP contribution >= 0.6 is 11.6 Å². The van der Waals surface area contributed by atoms with E-state index in [-0.39, 0.29) is 11.1 Å². The molecule has 2 rings (SSSR count). The molecular weight excluding hydrogens is 291 g/mol. The number of hydrogen-bond donors (Lipinski definition) is 1. The third kappa shape index (κ3) is 3.71. The summed E-state index contributed by atoms with van der Waals surface area (Å²) in [6, 6.07) is 6.55. The summed E-state index contributed by atoms with van der Waals surface area (Å²) in [7, 11) is 0. The lowest BCUT2D eigenvalue weighted by molar-refractivity contribution is 0.338. The number of rotatable bonds is 6. The predicted octanol–water partition coefficient (Wildman–Crippen LogP) is 3.97. The van der Waals surface area contributed by atoms with Gasteiger partial charge in [0.15, 0.2) is 0 Å². The van der Waals surface area contributed by atoms with Crippen molar-refractivity contribution in [3.05, 3.63) is 58.6 Å². The van der Waals surface area contributed by atoms with E-state index in [4.69, 9.17) is 16.3 Å². The number of pyridine rings is 1. The van der Waals surface area contributed by atoms with Crippen LogP contribution in [0.4, 0.5) is 4.39 Å². The maximum absolute atomic E-state index is 14.3. The molecular formula is C16H18ClFN2O. The van der Waals surface area contributed by atoms with Crippen LogP contribution in [0.15, 0.2) is 36.7 Å². The fourth-order valence-corrected chi connectivity index (χ4v) is 2.38. The molecule has 0 spiro atoms. The minimum absolute atomic E-state index is 0.115. The highest BCUT2D eigenvalue weighted by molar-refractivity contribution is 6.30. The molecule has 3 nitrogen and oxygen atoms in total. The zero-order chi connectivity index (χ0) is 15.2. The van der Waals surface area contributed by atoms with Gasteiger partial charge in [0.25, 0.3) is 0 Å². The topological polar surface area (TPSA) is 34.2 Å². The van der Waals surface area contributed by atoms with Crippen molar-refractivity contribution in [3.8, 4) is 5.75 Å². The average Bonchev–Trinajstić information content (AvgIpc) is 2.49. The Hall–Kier alpha value is -1.65. The standard InChI is InChI=1S/C16H18ClFN2O/c1-3-20-16(13-6-5-7-14(17)15(13)18)11-8-12(21-4-2)10-19-9-11/h5-10,16,20H,3-4H2,1-2H3. The van der Waals surface area contributed by atoms with Gasteiger partial charge in [-0.2, -0.15) is 0 Å². The number of hydrogen-bond acceptors (Lipinski definition) is 3. The largest absolute Gasteiger partial charge is 0.492 e. The third-order valence-corrected chi connectivity index (χ3v) is 3.37. The number of nitrogens with zero attached hydrogens (tertiary/aromatic N) is 1. The average molecular weight is 309 g/mol. The van der Waals surface area contributed by atoms with Gasteiger partial charge < -0.3 is 10.1 Å². The summed E-state index contributed by atoms with van der Waals surface area (Å²) in [6.45, 7) is 5.12. The van der Waals surface area contributed by atoms with Gasteiger partial charge in [0.1, 0.15) is 11.6 Å². The monoisotopic (exact) mass is 308 g/mol. The first-order valence-corrected chi connectivity index (χ1v) is 7.30. The molecule has 5 heteroatoms. The van der Waals surface area contributed by atoms with Gasteiger partial charge in [0.2, 0.25) is 0 Å². The van der Waals surface area contributed by atoms with Gasteiger partial charge in [-0.1, -0.05) is 30.7 Å². The van der Waals surface area contributed by atoms with Crippen molar-refractivity contribution >= 4 is 11.6 Å². The Morgan fingerprint density at radius 3 is 2.86 bits per heavy atom. The van der Waals surface area contributed by atoms with Gasteiger partial charge in [-0.25, -0.2) is 4.39 Å². The molecule has 0 aliphatic heterocycles. The van der Waals surface area contributed by atoms with Crippen molar-refractivity contribution in [2.24, 2.45) is 0 Å². The van der Waals surface area contributed by atoms with E-state index in [1.165, 1.54) is 6.07 Å². The molecule has 0 aliphatic rings. The Labute approximate surface area is 129 Å². The molecule has 1 heterocycles. The summed E-state index contributed by atoms with van der Waals surface area (Å²) in [5, 5.41) is 3.37. The molecule has 0 bridgehead atoms. The van der Waals surface area contributed by atoms with Gasteiger partial charge in [-0.15, -0.1) is 0 Å². The summed E-state index contributed by atoms with van der Waals surface area (Å²) in [4.78, 5) is 4.16. The van der Waals surface area contributed by atoms with Crippen molar-refractivity contribution in [1.82, 2.24) is 10.3 Å². The number of ether oxygens (including phenoxy) is 1. The van der Waals surface area contributed by atoms with Crippen LogP contribution in [0.1, 0.15) is 31.0 Å². The Morgan fingerprint density at radius 2 is 2.14 bits per heavy atom. The van der Waals surface area contributed by atoms with E-state index in [0.717, 1.165) is 5.56 Å². The minimum atomic E-state index is -0.410. The van der Waals surface area contributed by atoms with Crippen molar-refractivity contribution in [2.75, 3.05) is 13.2 Å². The Morgan fingerprint density at radius 1 is 1.33 bits per heavy atom. The smallest absolute Gasteiger partial charge is 0.146 e. The van der Waals surface area contributed by atoms with Crippen molar-refractivity contribution in [3.63, 3.8) is 0 Å². The first kappa shape index (κ1) is 15.7. The fraction of sp³-hybridized carbons (Fsp3) is 0.312. The van der Waals surface area contributed by atoms with Crippen LogP contribution in [-0.2, 0) is 0 Å². The lowest BCUT2D eigenvalue weighted by Gasteiger charge is -2.20. The van der Waals surface area contributed by atoms with Crippen LogP contribution in [0, 0.1) is 5.82 Å². The summed E-state index contributed by atoms with van der Waals surface area (Å²) < 4.78 is 19.7. The first-order valence-electron chi connectivity index (χ1n) is 6.92. The molecule has 0 radical (unpaired) electrons. The molecule has 0 aliphatic carbocycles. The molecule has 0 saturated carbocycles. The normalized spacial score (nSPS) is 12.2. The Bertz CT molecular complexity index is 607. The van der Waals surface area contributed by atoms with Gasteiger partial charge in [0, 0.05) is 11.8 Å². The molecule has 21 heavy (non-hydrogen) atoms. The van der Waals surface area contributed by atoms with Crippen LogP contribution in [0.3, 0.4) is 0 Å². The van der Waals surface area contributed by atoms with Crippen LogP contribution in [0.25, 0.3) is 0 Å². The van der Waals surface area contributed by atoms with E-state index >= 15 is 0 Å². The summed E-state index contributed by atoms with van der Waals surface area (Å²) in [6.07, 6.45) is 3.35. The zero-order valence-corrected chi connectivity index (χ0v) is 12.8. The molecule has 1 aromatic heterocycles. The molecule has 1 N–H and O–H groups in total. The second-order valence-corrected chi connectivity index (χ2v) is 4.93. The second kappa shape index (κ2) is 7.38. The quantitative estimate of drug-likeness (QED) is 0.876. The Balaban J connectivity index is 2.43. The van der Waals surface area contributed by atoms with E-state index < -0.39 is 5.82 Å². The molecule has 1 unspecified atom stereocenters. The molecule has 1 aromatic carbocycles. The molecule has 112 valence electrons. The number of halogens is 2. The van der Waals surface area contributed by atoms with E-state index in [2.05, 4.69) is 10.3 Å². The zero-order valence-electron chi connectivity index (χ0n) is 12.1. The lowest BCUT2D eigenvalue weighted by Crippen LogP contribution is -2.23. The Kier molecular flexibility index (Phi) is 5.53. The highest BCUT2D eigenvalue weighted by atomic mass is 35.5. The maximum Gasteiger partial charge on any atom is 0.146 e. The SMILES string of the molecule is CCNC(c1cncc(OCC)c1)c1cccc(Cl)c1F. The van der Waals surface area contributed by atoms with E-state index in [1.54, 1.807) is 24.5 Å². The molecule has 1 atom stereocenters. The highest BCUT2D eigenvalue weighted by Crippen LogP contribution is 2.29. The number of nitrogens with one attached hydrogen (secondary N) is 1. The maximum atomic E-state index is 14.3. The van der Waals surface area contributed by atoms with Gasteiger partial charge in [-0.3, -0.25) is 4.98 Å². The van der Waals surface area contributed by atoms with Crippen LogP contribution in [-0.4, -0.2) is 18.1 Å². The van der Waals surface area contributed by atoms with E-state index in [9.17, 15) is 4.39 Å². The summed E-state index contributed by atoms with van der Waals surface area (Å²) in [5.74, 6) is 0.257. The molecule has 0 fully saturated rings. The number of aromatic nitrogens is 1. The fourth-order valence-electron chi connectivity index (χ4n) is 2.19. The molecule has 0 amide bonds. The number of benzene rings is 1. The highest BCUT2D eigenvalue weighted by Gasteiger charge is 2.19. The van der Waals surface area contributed by atoms with Crippen LogP contribution < -0.4 is 10.1 Å². The van der Waals surface area contributed by atoms with Crippen molar-refractivity contribution in [1.29, 1.82) is 0 Å². The van der Waals surface area contributed by atoms with Gasteiger partial charge >= 0.3 is 0 Å². The molecule has 2 aromatic rings. The predicted molar refractivity (Wildman–Crippen MR) is 82.3 cm³/mol. The van der Waals surface area contributed by atoms with E-state index in [0.29, 0.717) is 24.5 Å². The van der Waals surface area contributed by atoms with Crippen LogP contribution in [0.5, 0.6) is 5.75 Å². The first-order chi connectivity index (χ1) is 10.2. The summed E-state index contributed by atoms with van der Waals surface area (Å²) >= 11 is 5.88. The molecule has 0 saturated heterocycles.